The molecule has 0 spiro atoms. The Hall–Kier alpha value is -3.19. The third kappa shape index (κ3) is 4.00. The number of carbonyl (C=O) groups excluding carboxylic acids is 1. The van der Waals surface area contributed by atoms with E-state index in [0.717, 1.165) is 66.6 Å². The lowest BCUT2D eigenvalue weighted by molar-refractivity contribution is -0.125. The molecular weight excluding hydrogens is 407 g/mol. The van der Waals surface area contributed by atoms with Crippen LogP contribution in [0.25, 0.3) is 0 Å². The van der Waals surface area contributed by atoms with Crippen LogP contribution in [0.5, 0.6) is 5.75 Å². The van der Waals surface area contributed by atoms with Crippen LogP contribution >= 0.6 is 0 Å². The molecule has 2 aromatic rings. The molecule has 0 unspecified atom stereocenters. The highest BCUT2D eigenvalue weighted by molar-refractivity contribution is 6.09. The number of hydrogen-bond acceptors (Lipinski definition) is 5. The third-order valence-corrected chi connectivity index (χ3v) is 6.29. The summed E-state index contributed by atoms with van der Waals surface area (Å²) < 4.78 is 18.9. The van der Waals surface area contributed by atoms with E-state index in [-0.39, 0.29) is 11.7 Å². The molecule has 0 aromatic heterocycles. The highest BCUT2D eigenvalue weighted by Gasteiger charge is 2.40. The Balaban J connectivity index is 1.40. The molecule has 3 aliphatic rings. The average molecular weight is 435 g/mol. The van der Waals surface area contributed by atoms with Gasteiger partial charge in [0.05, 0.1) is 19.2 Å². The van der Waals surface area contributed by atoms with E-state index < -0.39 is 0 Å². The average Bonchev–Trinajstić information content (AvgIpc) is 2.82. The van der Waals surface area contributed by atoms with Gasteiger partial charge in [0.25, 0.3) is 5.91 Å². The Labute approximate surface area is 187 Å². The highest BCUT2D eigenvalue weighted by Crippen LogP contribution is 2.32. The van der Waals surface area contributed by atoms with Gasteiger partial charge >= 0.3 is 0 Å². The fourth-order valence-corrected chi connectivity index (χ4v) is 4.72. The second-order valence-electron chi connectivity index (χ2n) is 8.44. The smallest absolute Gasteiger partial charge is 0.259 e. The Morgan fingerprint density at radius 1 is 1.06 bits per heavy atom. The maximum Gasteiger partial charge on any atom is 0.259 e. The van der Waals surface area contributed by atoms with Gasteiger partial charge in [0.2, 0.25) is 5.96 Å². The number of nitrogens with zero attached hydrogens (tertiary/aromatic N) is 4. The number of guanidine groups is 1. The van der Waals surface area contributed by atoms with Crippen molar-refractivity contribution in [3.63, 3.8) is 0 Å². The quantitative estimate of drug-likeness (QED) is 0.724. The van der Waals surface area contributed by atoms with Crippen molar-refractivity contribution in [3.05, 3.63) is 76.7 Å². The number of carbonyl (C=O) groups is 1. The third-order valence-electron chi connectivity index (χ3n) is 6.29. The number of amides is 1. The summed E-state index contributed by atoms with van der Waals surface area (Å²) in [4.78, 5) is 24.7. The van der Waals surface area contributed by atoms with E-state index in [1.807, 2.05) is 35.2 Å². The molecule has 3 heterocycles. The zero-order valence-corrected chi connectivity index (χ0v) is 18.3. The van der Waals surface area contributed by atoms with Gasteiger partial charge in [-0.1, -0.05) is 24.3 Å². The van der Waals surface area contributed by atoms with Gasteiger partial charge in [0, 0.05) is 44.8 Å². The SMILES string of the molecule is COc1ccc(CN2C(=O)C3=C(CCN(Cc4cccc(F)c4)C3)N3CCCN=C23)cc1. The molecule has 7 heteroatoms. The summed E-state index contributed by atoms with van der Waals surface area (Å²) in [6.45, 7) is 4.12. The molecule has 5 rings (SSSR count). The summed E-state index contributed by atoms with van der Waals surface area (Å²) in [5.41, 5.74) is 3.90. The standard InChI is InChI=1S/C25H27FN4O2/c1-32-21-8-6-18(7-9-21)16-30-24(31)22-17-28(15-19-4-2-5-20(26)14-19)13-10-23(22)29-12-3-11-27-25(29)30/h2,4-9,14H,3,10-13,15-17H2,1H3. The normalized spacial score (nSPS) is 18.9. The first-order valence-electron chi connectivity index (χ1n) is 11.1. The molecule has 0 aliphatic carbocycles. The predicted molar refractivity (Wildman–Crippen MR) is 120 cm³/mol. The lowest BCUT2D eigenvalue weighted by Gasteiger charge is -2.45. The Bertz CT molecular complexity index is 1080. The second-order valence-corrected chi connectivity index (χ2v) is 8.44. The van der Waals surface area contributed by atoms with E-state index in [4.69, 9.17) is 9.73 Å². The number of methoxy groups -OCH3 is 1. The van der Waals surface area contributed by atoms with Gasteiger partial charge in [0.15, 0.2) is 0 Å². The lowest BCUT2D eigenvalue weighted by atomic mass is 9.99. The van der Waals surface area contributed by atoms with E-state index in [1.165, 1.54) is 6.07 Å². The minimum absolute atomic E-state index is 0.0247. The van der Waals surface area contributed by atoms with Crippen LogP contribution in [0, 0.1) is 5.82 Å². The Morgan fingerprint density at radius 2 is 1.91 bits per heavy atom. The summed E-state index contributed by atoms with van der Waals surface area (Å²) in [5.74, 6) is 1.36. The van der Waals surface area contributed by atoms with Crippen molar-refractivity contribution in [2.75, 3.05) is 33.3 Å². The van der Waals surface area contributed by atoms with Crippen molar-refractivity contribution >= 4 is 11.9 Å². The van der Waals surface area contributed by atoms with Gasteiger partial charge in [-0.15, -0.1) is 0 Å². The van der Waals surface area contributed by atoms with Gasteiger partial charge in [-0.3, -0.25) is 19.6 Å². The summed E-state index contributed by atoms with van der Waals surface area (Å²) in [5, 5.41) is 0. The molecule has 0 saturated heterocycles. The molecule has 0 fully saturated rings. The van der Waals surface area contributed by atoms with Gasteiger partial charge in [-0.25, -0.2) is 4.39 Å². The number of aliphatic imine (C=N–C) groups is 1. The Kier molecular flexibility index (Phi) is 5.66. The van der Waals surface area contributed by atoms with E-state index in [1.54, 1.807) is 19.2 Å². The first kappa shape index (κ1) is 20.7. The van der Waals surface area contributed by atoms with Crippen molar-refractivity contribution in [1.82, 2.24) is 14.7 Å². The summed E-state index contributed by atoms with van der Waals surface area (Å²) in [6.07, 6.45) is 1.78. The highest BCUT2D eigenvalue weighted by atomic mass is 19.1. The van der Waals surface area contributed by atoms with Crippen molar-refractivity contribution < 1.29 is 13.9 Å². The topological polar surface area (TPSA) is 48.4 Å². The van der Waals surface area contributed by atoms with Gasteiger partial charge in [-0.05, 0) is 41.8 Å². The maximum atomic E-state index is 13.6. The molecule has 0 atom stereocenters. The molecule has 0 bridgehead atoms. The second kappa shape index (κ2) is 8.74. The van der Waals surface area contributed by atoms with Crippen LogP contribution in [0.3, 0.4) is 0 Å². The molecule has 0 N–H and O–H groups in total. The van der Waals surface area contributed by atoms with Gasteiger partial charge < -0.3 is 9.64 Å². The van der Waals surface area contributed by atoms with Crippen LogP contribution in [0.2, 0.25) is 0 Å². The van der Waals surface area contributed by atoms with Crippen LogP contribution in [0.4, 0.5) is 4.39 Å². The largest absolute Gasteiger partial charge is 0.497 e. The summed E-state index contributed by atoms with van der Waals surface area (Å²) in [7, 11) is 1.64. The first-order valence-corrected chi connectivity index (χ1v) is 11.1. The number of rotatable bonds is 5. The van der Waals surface area contributed by atoms with Gasteiger partial charge in [-0.2, -0.15) is 0 Å². The fraction of sp³-hybridized carbons (Fsp3) is 0.360. The Morgan fingerprint density at radius 3 is 2.69 bits per heavy atom. The molecule has 2 aromatic carbocycles. The zero-order valence-electron chi connectivity index (χ0n) is 18.3. The summed E-state index contributed by atoms with van der Waals surface area (Å²) >= 11 is 0. The number of hydrogen-bond donors (Lipinski definition) is 0. The molecule has 1 amide bonds. The van der Waals surface area contributed by atoms with E-state index in [9.17, 15) is 9.18 Å². The predicted octanol–water partition coefficient (Wildman–Crippen LogP) is 3.40. The van der Waals surface area contributed by atoms with Crippen molar-refractivity contribution in [2.45, 2.75) is 25.9 Å². The number of halogens is 1. The van der Waals surface area contributed by atoms with E-state index >= 15 is 0 Å². The number of fused-ring (bicyclic) bond motifs is 2. The van der Waals surface area contributed by atoms with Crippen LogP contribution in [0.1, 0.15) is 24.0 Å². The van der Waals surface area contributed by atoms with Crippen molar-refractivity contribution in [2.24, 2.45) is 4.99 Å². The molecular formula is C25H27FN4O2. The molecule has 3 aliphatic heterocycles. The van der Waals surface area contributed by atoms with E-state index in [0.29, 0.717) is 19.6 Å². The maximum absolute atomic E-state index is 13.6. The zero-order chi connectivity index (χ0) is 22.1. The first-order chi connectivity index (χ1) is 15.6. The van der Waals surface area contributed by atoms with E-state index in [2.05, 4.69) is 9.80 Å². The summed E-state index contributed by atoms with van der Waals surface area (Å²) in [6, 6.07) is 14.5. The van der Waals surface area contributed by atoms with Crippen molar-refractivity contribution in [3.8, 4) is 5.75 Å². The van der Waals surface area contributed by atoms with Crippen LogP contribution in [-0.2, 0) is 17.9 Å². The molecule has 0 radical (unpaired) electrons. The van der Waals surface area contributed by atoms with Crippen LogP contribution in [0.15, 0.2) is 64.8 Å². The fourth-order valence-electron chi connectivity index (χ4n) is 4.72. The number of ether oxygens (including phenoxy) is 1. The minimum Gasteiger partial charge on any atom is -0.497 e. The molecule has 32 heavy (non-hydrogen) atoms. The van der Waals surface area contributed by atoms with Crippen LogP contribution < -0.4 is 4.74 Å². The van der Waals surface area contributed by atoms with Gasteiger partial charge in [0.1, 0.15) is 11.6 Å². The lowest BCUT2D eigenvalue weighted by Crippen LogP contribution is -2.56. The number of benzene rings is 2. The molecule has 0 saturated carbocycles. The van der Waals surface area contributed by atoms with Crippen molar-refractivity contribution in [1.29, 1.82) is 0 Å². The minimum atomic E-state index is -0.229. The van der Waals surface area contributed by atoms with Crippen LogP contribution in [-0.4, -0.2) is 59.9 Å². The molecule has 166 valence electrons. The monoisotopic (exact) mass is 434 g/mol. The molecule has 6 nitrogen and oxygen atoms in total.